The van der Waals surface area contributed by atoms with Crippen molar-refractivity contribution in [1.29, 1.82) is 0 Å². The average Bonchev–Trinajstić information content (AvgIpc) is 2.90. The van der Waals surface area contributed by atoms with Gasteiger partial charge in [0.1, 0.15) is 6.04 Å². The maximum absolute atomic E-state index is 13.4. The maximum Gasteiger partial charge on any atom is 0.244 e. The molecular weight excluding hydrogens is 336 g/mol. The van der Waals surface area contributed by atoms with Crippen LogP contribution in [-0.2, 0) is 11.3 Å². The molecule has 1 aromatic heterocycles. The lowest BCUT2D eigenvalue weighted by Gasteiger charge is -2.31. The van der Waals surface area contributed by atoms with Crippen LogP contribution >= 0.6 is 0 Å². The number of rotatable bonds is 5. The zero-order valence-corrected chi connectivity index (χ0v) is 16.6. The van der Waals surface area contributed by atoms with Gasteiger partial charge < -0.3 is 4.90 Å². The van der Waals surface area contributed by atoms with Crippen molar-refractivity contribution < 1.29 is 4.79 Å². The van der Waals surface area contributed by atoms with Gasteiger partial charge in [-0.3, -0.25) is 19.6 Å². The average molecular weight is 367 g/mol. The highest BCUT2D eigenvalue weighted by atomic mass is 16.2. The zero-order valence-electron chi connectivity index (χ0n) is 16.6. The summed E-state index contributed by atoms with van der Waals surface area (Å²) in [6, 6.07) is 12.1. The summed E-state index contributed by atoms with van der Waals surface area (Å²) in [7, 11) is 3.98. The molecule has 5 heteroatoms. The van der Waals surface area contributed by atoms with E-state index in [1.54, 1.807) is 6.20 Å². The van der Waals surface area contributed by atoms with Crippen LogP contribution in [0.3, 0.4) is 0 Å². The predicted octanol–water partition coefficient (Wildman–Crippen LogP) is 2.73. The van der Waals surface area contributed by atoms with Gasteiger partial charge in [0.15, 0.2) is 0 Å². The number of nitrogens with zero attached hydrogens (tertiary/aromatic N) is 4. The molecule has 3 rings (SSSR count). The fraction of sp³-hybridized carbons (Fsp3) is 0.455. The largest absolute Gasteiger partial charge is 0.340 e. The zero-order chi connectivity index (χ0) is 19.2. The van der Waals surface area contributed by atoms with Crippen molar-refractivity contribution in [2.75, 3.05) is 40.3 Å². The van der Waals surface area contributed by atoms with Gasteiger partial charge >= 0.3 is 0 Å². The quantitative estimate of drug-likeness (QED) is 0.816. The van der Waals surface area contributed by atoms with Gasteiger partial charge in [0, 0.05) is 45.1 Å². The first-order valence-corrected chi connectivity index (χ1v) is 9.68. The fourth-order valence-corrected chi connectivity index (χ4v) is 3.80. The molecule has 2 aromatic rings. The molecule has 1 aliphatic heterocycles. The SMILES string of the molecule is Cc1ccccc1[C@H](C(=O)N1CCCN(Cc2cccnc2)CC1)N(C)C. The Bertz CT molecular complexity index is 747. The topological polar surface area (TPSA) is 39.7 Å². The molecule has 0 radical (unpaired) electrons. The summed E-state index contributed by atoms with van der Waals surface area (Å²) >= 11 is 0. The molecule has 1 saturated heterocycles. The number of aromatic nitrogens is 1. The third-order valence-electron chi connectivity index (χ3n) is 5.26. The highest BCUT2D eigenvalue weighted by Gasteiger charge is 2.29. The molecule has 1 aliphatic rings. The van der Waals surface area contributed by atoms with Crippen molar-refractivity contribution in [3.05, 3.63) is 65.5 Å². The van der Waals surface area contributed by atoms with Gasteiger partial charge in [-0.05, 0) is 50.2 Å². The number of pyridine rings is 1. The van der Waals surface area contributed by atoms with E-state index < -0.39 is 0 Å². The van der Waals surface area contributed by atoms with E-state index >= 15 is 0 Å². The Hall–Kier alpha value is -2.24. The van der Waals surface area contributed by atoms with Crippen molar-refractivity contribution in [2.24, 2.45) is 0 Å². The molecule has 0 bridgehead atoms. The van der Waals surface area contributed by atoms with Gasteiger partial charge in [0.25, 0.3) is 0 Å². The standard InChI is InChI=1S/C22H30N4O/c1-18-8-4-5-10-20(18)21(24(2)3)22(27)26-13-7-12-25(14-15-26)17-19-9-6-11-23-16-19/h4-6,8-11,16,21H,7,12-15,17H2,1-3H3/t21-/m1/s1. The van der Waals surface area contributed by atoms with E-state index in [0.717, 1.165) is 50.3 Å². The number of carbonyl (C=O) groups is 1. The third kappa shape index (κ3) is 4.93. The van der Waals surface area contributed by atoms with Gasteiger partial charge in [-0.25, -0.2) is 0 Å². The molecule has 144 valence electrons. The highest BCUT2D eigenvalue weighted by molar-refractivity contribution is 5.83. The predicted molar refractivity (Wildman–Crippen MR) is 108 cm³/mol. The number of hydrogen-bond acceptors (Lipinski definition) is 4. The Labute approximate surface area is 162 Å². The molecule has 5 nitrogen and oxygen atoms in total. The molecular formula is C22H30N4O. The smallest absolute Gasteiger partial charge is 0.244 e. The van der Waals surface area contributed by atoms with Crippen LogP contribution in [0.4, 0.5) is 0 Å². The fourth-order valence-electron chi connectivity index (χ4n) is 3.80. The number of aryl methyl sites for hydroxylation is 1. The lowest BCUT2D eigenvalue weighted by atomic mass is 9.99. The molecule has 0 saturated carbocycles. The summed E-state index contributed by atoms with van der Waals surface area (Å²) in [5.74, 6) is 0.206. The molecule has 27 heavy (non-hydrogen) atoms. The first-order valence-electron chi connectivity index (χ1n) is 9.68. The van der Waals surface area contributed by atoms with Crippen molar-refractivity contribution in [3.8, 4) is 0 Å². The van der Waals surface area contributed by atoms with Crippen molar-refractivity contribution in [1.82, 2.24) is 19.7 Å². The van der Waals surface area contributed by atoms with Crippen LogP contribution < -0.4 is 0 Å². The van der Waals surface area contributed by atoms with Gasteiger partial charge in [0.2, 0.25) is 5.91 Å². The molecule has 0 aliphatic carbocycles. The highest BCUT2D eigenvalue weighted by Crippen LogP contribution is 2.24. The minimum atomic E-state index is -0.226. The second kappa shape index (κ2) is 9.11. The van der Waals surface area contributed by atoms with Crippen LogP contribution in [0.15, 0.2) is 48.8 Å². The molecule has 0 spiro atoms. The summed E-state index contributed by atoms with van der Waals surface area (Å²) in [6.07, 6.45) is 4.73. The second-order valence-corrected chi connectivity index (χ2v) is 7.54. The summed E-state index contributed by atoms with van der Waals surface area (Å²) in [5.41, 5.74) is 3.49. The Balaban J connectivity index is 1.68. The molecule has 1 fully saturated rings. The van der Waals surface area contributed by atoms with Crippen LogP contribution in [-0.4, -0.2) is 65.9 Å². The van der Waals surface area contributed by atoms with Crippen LogP contribution in [0.2, 0.25) is 0 Å². The molecule has 0 unspecified atom stereocenters. The van der Waals surface area contributed by atoms with E-state index in [0.29, 0.717) is 0 Å². The van der Waals surface area contributed by atoms with Crippen molar-refractivity contribution >= 4 is 5.91 Å². The normalized spacial score (nSPS) is 17.0. The van der Waals surface area contributed by atoms with Gasteiger partial charge in [-0.15, -0.1) is 0 Å². The minimum Gasteiger partial charge on any atom is -0.340 e. The van der Waals surface area contributed by atoms with Gasteiger partial charge in [0.05, 0.1) is 0 Å². The van der Waals surface area contributed by atoms with E-state index in [4.69, 9.17) is 0 Å². The maximum atomic E-state index is 13.4. The van der Waals surface area contributed by atoms with Crippen LogP contribution in [0, 0.1) is 6.92 Å². The van der Waals surface area contributed by atoms with Crippen molar-refractivity contribution in [3.63, 3.8) is 0 Å². The Morgan fingerprint density at radius 1 is 1.11 bits per heavy atom. The van der Waals surface area contributed by atoms with E-state index in [2.05, 4.69) is 35.0 Å². The van der Waals surface area contributed by atoms with E-state index in [1.807, 2.05) is 48.3 Å². The molecule has 2 heterocycles. The number of hydrogen-bond donors (Lipinski definition) is 0. The van der Waals surface area contributed by atoms with Crippen molar-refractivity contribution in [2.45, 2.75) is 25.9 Å². The van der Waals surface area contributed by atoms with Crippen LogP contribution in [0.25, 0.3) is 0 Å². The third-order valence-corrected chi connectivity index (χ3v) is 5.26. The summed E-state index contributed by atoms with van der Waals surface area (Å²) in [5, 5.41) is 0. The van der Waals surface area contributed by atoms with Gasteiger partial charge in [-0.1, -0.05) is 30.3 Å². The Morgan fingerprint density at radius 2 is 1.93 bits per heavy atom. The number of likely N-dealkylation sites (N-methyl/N-ethyl adjacent to an activating group) is 1. The molecule has 1 aromatic carbocycles. The van der Waals surface area contributed by atoms with Gasteiger partial charge in [-0.2, -0.15) is 0 Å². The van der Waals surface area contributed by atoms with Crippen LogP contribution in [0.5, 0.6) is 0 Å². The number of benzene rings is 1. The lowest BCUT2D eigenvalue weighted by Crippen LogP contribution is -2.42. The van der Waals surface area contributed by atoms with Crippen LogP contribution in [0.1, 0.15) is 29.2 Å². The molecule has 1 atom stereocenters. The summed E-state index contributed by atoms with van der Waals surface area (Å²) in [4.78, 5) is 24.1. The number of carbonyl (C=O) groups excluding carboxylic acids is 1. The Morgan fingerprint density at radius 3 is 2.63 bits per heavy atom. The number of amides is 1. The monoisotopic (exact) mass is 366 g/mol. The summed E-state index contributed by atoms with van der Waals surface area (Å²) in [6.45, 7) is 6.47. The summed E-state index contributed by atoms with van der Waals surface area (Å²) < 4.78 is 0. The first-order chi connectivity index (χ1) is 13.1. The Kier molecular flexibility index (Phi) is 6.58. The second-order valence-electron chi connectivity index (χ2n) is 7.54. The minimum absolute atomic E-state index is 0.206. The van der Waals surface area contributed by atoms with E-state index in [9.17, 15) is 4.79 Å². The van der Waals surface area contributed by atoms with E-state index in [-0.39, 0.29) is 11.9 Å². The molecule has 1 amide bonds. The molecule has 0 N–H and O–H groups in total. The first kappa shape index (κ1) is 19.5. The lowest BCUT2D eigenvalue weighted by molar-refractivity contribution is -0.136. The van der Waals surface area contributed by atoms with E-state index in [1.165, 1.54) is 5.56 Å².